The zero-order valence-corrected chi connectivity index (χ0v) is 10.6. The highest BCUT2D eigenvalue weighted by Crippen LogP contribution is 2.16. The van der Waals surface area contributed by atoms with Crippen LogP contribution in [-0.2, 0) is 14.4 Å². The smallest absolute Gasteiger partial charge is 0.351 e. The number of carboxylic acid groups (broad SMARTS) is 3. The van der Waals surface area contributed by atoms with Crippen LogP contribution in [0.2, 0.25) is 0 Å². The number of aliphatic imine (C=N–C) groups is 1. The van der Waals surface area contributed by atoms with E-state index in [9.17, 15) is 14.4 Å². The van der Waals surface area contributed by atoms with E-state index in [4.69, 9.17) is 15.3 Å². The van der Waals surface area contributed by atoms with Crippen molar-refractivity contribution < 1.29 is 29.7 Å². The fourth-order valence-electron chi connectivity index (χ4n) is 1.48. The summed E-state index contributed by atoms with van der Waals surface area (Å²) < 4.78 is 0. The first kappa shape index (κ1) is 15.4. The lowest BCUT2D eigenvalue weighted by molar-refractivity contribution is -0.140. The molecule has 0 aromatic heterocycles. The van der Waals surface area contributed by atoms with Crippen LogP contribution in [0.15, 0.2) is 28.4 Å². The molecule has 1 aliphatic rings. The van der Waals surface area contributed by atoms with Crippen molar-refractivity contribution in [2.45, 2.75) is 25.4 Å². The van der Waals surface area contributed by atoms with E-state index in [1.54, 1.807) is 0 Å². The molecule has 8 nitrogen and oxygen atoms in total. The number of nitrogens with zero attached hydrogens (tertiary/aromatic N) is 1. The minimum absolute atomic E-state index is 0.0829. The summed E-state index contributed by atoms with van der Waals surface area (Å²) in [4.78, 5) is 36.1. The number of allylic oxidation sites excluding steroid dienone is 2. The first-order valence-electron chi connectivity index (χ1n) is 5.70. The quantitative estimate of drug-likeness (QED) is 0.515. The molecule has 1 unspecified atom stereocenters. The second kappa shape index (κ2) is 6.50. The Morgan fingerprint density at radius 1 is 1.40 bits per heavy atom. The summed E-state index contributed by atoms with van der Waals surface area (Å²) in [7, 11) is 0. The molecule has 0 amide bonds. The molecule has 20 heavy (non-hydrogen) atoms. The average molecular weight is 282 g/mol. The first-order chi connectivity index (χ1) is 9.31. The van der Waals surface area contributed by atoms with Crippen molar-refractivity contribution in [2.24, 2.45) is 4.99 Å². The molecule has 0 aromatic carbocycles. The Labute approximate surface area is 114 Å². The minimum Gasteiger partial charge on any atom is -0.480 e. The fourth-order valence-corrected chi connectivity index (χ4v) is 1.48. The van der Waals surface area contributed by atoms with Crippen LogP contribution in [0.4, 0.5) is 0 Å². The standard InChI is InChI=1S/C12H14N2O6/c1-6(10(15)16)13-3-2-7-4-8(11(17)18)14-9(5-7)12(19)20/h2-4,6,9,14H,5H2,1H3,(H,15,16)(H,17,18)(H,19,20)/b7-2-,13-3?/t6?,9-/m0/s1. The highest BCUT2D eigenvalue weighted by Gasteiger charge is 2.26. The highest BCUT2D eigenvalue weighted by atomic mass is 16.4. The molecule has 0 fully saturated rings. The molecule has 0 saturated carbocycles. The van der Waals surface area contributed by atoms with E-state index in [0.717, 1.165) is 0 Å². The molecule has 1 heterocycles. The van der Waals surface area contributed by atoms with Gasteiger partial charge in [-0.1, -0.05) is 0 Å². The molecule has 0 aliphatic carbocycles. The van der Waals surface area contributed by atoms with Gasteiger partial charge in [0, 0.05) is 12.6 Å². The maximum atomic E-state index is 10.9. The molecule has 0 bridgehead atoms. The van der Waals surface area contributed by atoms with Crippen LogP contribution < -0.4 is 5.32 Å². The van der Waals surface area contributed by atoms with Crippen LogP contribution in [-0.4, -0.2) is 51.5 Å². The Morgan fingerprint density at radius 3 is 2.55 bits per heavy atom. The second-order valence-electron chi connectivity index (χ2n) is 4.16. The van der Waals surface area contributed by atoms with E-state index in [1.807, 2.05) is 0 Å². The third-order valence-electron chi connectivity index (χ3n) is 2.58. The Kier molecular flexibility index (Phi) is 5.01. The molecule has 1 aliphatic heterocycles. The molecule has 108 valence electrons. The first-order valence-corrected chi connectivity index (χ1v) is 5.70. The van der Waals surface area contributed by atoms with E-state index in [1.165, 1.54) is 25.3 Å². The van der Waals surface area contributed by atoms with Crippen molar-refractivity contribution in [3.63, 3.8) is 0 Å². The van der Waals surface area contributed by atoms with Crippen molar-refractivity contribution in [1.29, 1.82) is 0 Å². The van der Waals surface area contributed by atoms with Gasteiger partial charge in [0.05, 0.1) is 0 Å². The molecule has 0 spiro atoms. The average Bonchev–Trinajstić information content (AvgIpc) is 2.37. The molecule has 2 atom stereocenters. The summed E-state index contributed by atoms with van der Waals surface area (Å²) in [6, 6.07) is -1.96. The number of aliphatic carboxylic acids is 3. The van der Waals surface area contributed by atoms with Crippen molar-refractivity contribution in [3.05, 3.63) is 23.4 Å². The van der Waals surface area contributed by atoms with Crippen molar-refractivity contribution in [1.82, 2.24) is 5.32 Å². The Balaban J connectivity index is 2.91. The number of rotatable bonds is 5. The Morgan fingerprint density at radius 2 is 2.05 bits per heavy atom. The van der Waals surface area contributed by atoms with Crippen molar-refractivity contribution >= 4 is 24.1 Å². The summed E-state index contributed by atoms with van der Waals surface area (Å²) in [5.41, 5.74) is 0.212. The van der Waals surface area contributed by atoms with Gasteiger partial charge in [0.1, 0.15) is 17.8 Å². The van der Waals surface area contributed by atoms with E-state index >= 15 is 0 Å². The van der Waals surface area contributed by atoms with Crippen LogP contribution in [0, 0.1) is 0 Å². The zero-order chi connectivity index (χ0) is 15.3. The van der Waals surface area contributed by atoms with E-state index < -0.39 is 30.0 Å². The summed E-state index contributed by atoms with van der Waals surface area (Å²) in [6.07, 6.45) is 4.01. The Hall–Kier alpha value is -2.64. The van der Waals surface area contributed by atoms with Crippen molar-refractivity contribution in [3.8, 4) is 0 Å². The third kappa shape index (κ3) is 4.23. The lowest BCUT2D eigenvalue weighted by Gasteiger charge is -2.21. The molecule has 0 radical (unpaired) electrons. The van der Waals surface area contributed by atoms with Gasteiger partial charge in [-0.05, 0) is 24.6 Å². The van der Waals surface area contributed by atoms with Gasteiger partial charge in [-0.25, -0.2) is 14.4 Å². The normalized spacial score (nSPS) is 22.1. The lowest BCUT2D eigenvalue weighted by Crippen LogP contribution is -2.41. The van der Waals surface area contributed by atoms with Crippen LogP contribution in [0.3, 0.4) is 0 Å². The van der Waals surface area contributed by atoms with E-state index in [-0.39, 0.29) is 12.1 Å². The summed E-state index contributed by atoms with van der Waals surface area (Å²) >= 11 is 0. The molecule has 0 aromatic rings. The number of hydrogen-bond acceptors (Lipinski definition) is 5. The van der Waals surface area contributed by atoms with Crippen LogP contribution >= 0.6 is 0 Å². The van der Waals surface area contributed by atoms with Gasteiger partial charge in [0.15, 0.2) is 0 Å². The zero-order valence-electron chi connectivity index (χ0n) is 10.6. The molecule has 8 heteroatoms. The molecule has 1 rings (SSSR count). The summed E-state index contributed by atoms with van der Waals surface area (Å²) in [5.74, 6) is -3.52. The van der Waals surface area contributed by atoms with Crippen LogP contribution in [0.5, 0.6) is 0 Å². The predicted octanol–water partition coefficient (Wildman–Crippen LogP) is -0.128. The molecular weight excluding hydrogens is 268 g/mol. The largest absolute Gasteiger partial charge is 0.480 e. The highest BCUT2D eigenvalue weighted by molar-refractivity contribution is 5.89. The van der Waals surface area contributed by atoms with Gasteiger partial charge in [0.2, 0.25) is 0 Å². The Bertz CT molecular complexity index is 520. The fraction of sp³-hybridized carbons (Fsp3) is 0.333. The molecular formula is C12H14N2O6. The molecule has 0 saturated heterocycles. The number of hydrogen-bond donors (Lipinski definition) is 4. The van der Waals surface area contributed by atoms with E-state index in [0.29, 0.717) is 5.57 Å². The van der Waals surface area contributed by atoms with Gasteiger partial charge in [0.25, 0.3) is 0 Å². The monoisotopic (exact) mass is 282 g/mol. The third-order valence-corrected chi connectivity index (χ3v) is 2.58. The van der Waals surface area contributed by atoms with Gasteiger partial charge in [-0.3, -0.25) is 4.99 Å². The van der Waals surface area contributed by atoms with Crippen LogP contribution in [0.25, 0.3) is 0 Å². The topological polar surface area (TPSA) is 136 Å². The number of carboxylic acids is 3. The summed E-state index contributed by atoms with van der Waals surface area (Å²) in [5, 5.41) is 28.8. The molecule has 4 N–H and O–H groups in total. The minimum atomic E-state index is -1.27. The van der Waals surface area contributed by atoms with Gasteiger partial charge >= 0.3 is 17.9 Å². The number of nitrogens with one attached hydrogen (secondary N) is 1. The predicted molar refractivity (Wildman–Crippen MR) is 68.6 cm³/mol. The van der Waals surface area contributed by atoms with E-state index in [2.05, 4.69) is 10.3 Å². The van der Waals surface area contributed by atoms with Crippen molar-refractivity contribution in [2.75, 3.05) is 0 Å². The maximum absolute atomic E-state index is 10.9. The summed E-state index contributed by atoms with van der Waals surface area (Å²) in [6.45, 7) is 1.39. The van der Waals surface area contributed by atoms with Gasteiger partial charge < -0.3 is 20.6 Å². The lowest BCUT2D eigenvalue weighted by atomic mass is 10.00. The second-order valence-corrected chi connectivity index (χ2v) is 4.16. The van der Waals surface area contributed by atoms with Gasteiger partial charge in [-0.2, -0.15) is 0 Å². The number of carbonyl (C=O) groups is 3. The maximum Gasteiger partial charge on any atom is 0.351 e. The van der Waals surface area contributed by atoms with Crippen LogP contribution in [0.1, 0.15) is 13.3 Å². The SMILES string of the molecule is CC(N=C/C=C1/C=C(C(=O)O)N[C@H](C(=O)O)C1)C(=O)O. The van der Waals surface area contributed by atoms with Gasteiger partial charge in [-0.15, -0.1) is 0 Å².